The highest BCUT2D eigenvalue weighted by Crippen LogP contribution is 2.04. The normalized spacial score (nSPS) is 10.8. The van der Waals surface area contributed by atoms with E-state index in [0.717, 1.165) is 19.6 Å². The fourth-order valence-corrected chi connectivity index (χ4v) is 1.96. The number of hydrogen-bond acceptors (Lipinski definition) is 2. The summed E-state index contributed by atoms with van der Waals surface area (Å²) in [6, 6.07) is 0. The first-order valence-electron chi connectivity index (χ1n) is 5.71. The van der Waals surface area contributed by atoms with E-state index in [-0.39, 0.29) is 0 Å². The van der Waals surface area contributed by atoms with Gasteiger partial charge in [0.15, 0.2) is 0 Å². The Balaban J connectivity index is 1.93. The van der Waals surface area contributed by atoms with Crippen LogP contribution in [0.1, 0.15) is 32.6 Å². The molecule has 0 aliphatic heterocycles. The highest BCUT2D eigenvalue weighted by Gasteiger charge is 1.95. The van der Waals surface area contributed by atoms with Crippen molar-refractivity contribution in [2.75, 3.05) is 13.1 Å². The van der Waals surface area contributed by atoms with E-state index in [1.165, 1.54) is 29.3 Å². The molecule has 0 amide bonds. The van der Waals surface area contributed by atoms with Crippen LogP contribution in [0.4, 0.5) is 0 Å². The third kappa shape index (κ3) is 6.14. The summed E-state index contributed by atoms with van der Waals surface area (Å²) < 4.78 is 3.26. The molecule has 15 heavy (non-hydrogen) atoms. The van der Waals surface area contributed by atoms with E-state index in [2.05, 4.69) is 46.1 Å². The minimum atomic E-state index is 1.06. The molecule has 0 spiro atoms. The number of unbranched alkanes of at least 4 members (excludes halogenated alkanes) is 3. The summed E-state index contributed by atoms with van der Waals surface area (Å²) in [7, 11) is 0. The van der Waals surface area contributed by atoms with E-state index in [0.29, 0.717) is 0 Å². The molecule has 1 rings (SSSR count). The Hall–Kier alpha value is -0.100. The molecule has 4 heteroatoms. The number of aryl methyl sites for hydroxylation is 1. The molecule has 0 saturated heterocycles. The van der Waals surface area contributed by atoms with Crippen LogP contribution in [0.5, 0.6) is 0 Å². The zero-order valence-corrected chi connectivity index (χ0v) is 11.5. The van der Waals surface area contributed by atoms with Gasteiger partial charge in [-0.05, 0) is 48.5 Å². The second-order valence-electron chi connectivity index (χ2n) is 3.69. The van der Waals surface area contributed by atoms with E-state index >= 15 is 0 Å². The quantitative estimate of drug-likeness (QED) is 0.589. The van der Waals surface area contributed by atoms with Gasteiger partial charge in [0.25, 0.3) is 0 Å². The average molecular weight is 321 g/mol. The highest BCUT2D eigenvalue weighted by molar-refractivity contribution is 14.1. The minimum absolute atomic E-state index is 1.06. The van der Waals surface area contributed by atoms with Gasteiger partial charge in [-0.1, -0.05) is 19.8 Å². The number of aromatic nitrogens is 2. The molecule has 0 unspecified atom stereocenters. The van der Waals surface area contributed by atoms with Crippen LogP contribution in [0.3, 0.4) is 0 Å². The third-order valence-electron chi connectivity index (χ3n) is 2.34. The van der Waals surface area contributed by atoms with Crippen LogP contribution in [-0.2, 0) is 6.54 Å². The average Bonchev–Trinajstić information content (AvgIpc) is 2.63. The maximum absolute atomic E-state index is 4.26. The van der Waals surface area contributed by atoms with Crippen LogP contribution in [0, 0.1) is 3.57 Å². The van der Waals surface area contributed by atoms with Crippen LogP contribution < -0.4 is 5.32 Å². The summed E-state index contributed by atoms with van der Waals surface area (Å²) >= 11 is 2.29. The van der Waals surface area contributed by atoms with Gasteiger partial charge in [0, 0.05) is 12.7 Å². The molecule has 0 aliphatic rings. The molecule has 86 valence electrons. The number of nitrogens with zero attached hydrogens (tertiary/aromatic N) is 2. The van der Waals surface area contributed by atoms with Crippen molar-refractivity contribution in [3.05, 3.63) is 16.0 Å². The fraction of sp³-hybridized carbons (Fsp3) is 0.727. The Morgan fingerprint density at radius 1 is 1.33 bits per heavy atom. The number of halogens is 1. The molecular formula is C11H20IN3. The summed E-state index contributed by atoms with van der Waals surface area (Å²) in [5, 5.41) is 7.60. The molecule has 0 atom stereocenters. The van der Waals surface area contributed by atoms with Gasteiger partial charge < -0.3 is 5.32 Å². The number of rotatable bonds is 8. The molecule has 0 radical (unpaired) electrons. The van der Waals surface area contributed by atoms with Crippen LogP contribution in [-0.4, -0.2) is 22.9 Å². The predicted octanol–water partition coefficient (Wildman–Crippen LogP) is 2.66. The lowest BCUT2D eigenvalue weighted by atomic mass is 10.2. The monoisotopic (exact) mass is 321 g/mol. The Labute approximate surface area is 106 Å². The Morgan fingerprint density at radius 3 is 2.80 bits per heavy atom. The van der Waals surface area contributed by atoms with Gasteiger partial charge in [-0.15, -0.1) is 0 Å². The number of nitrogens with one attached hydrogen (secondary N) is 1. The molecular weight excluding hydrogens is 301 g/mol. The highest BCUT2D eigenvalue weighted by atomic mass is 127. The summed E-state index contributed by atoms with van der Waals surface area (Å²) in [6.07, 6.45) is 9.17. The first-order valence-corrected chi connectivity index (χ1v) is 6.79. The van der Waals surface area contributed by atoms with Crippen molar-refractivity contribution in [3.63, 3.8) is 0 Å². The summed E-state index contributed by atoms with van der Waals surface area (Å²) in [4.78, 5) is 0. The SMILES string of the molecule is CCNCCCCCCn1cc(I)cn1. The molecule has 0 bridgehead atoms. The van der Waals surface area contributed by atoms with Gasteiger partial charge in [-0.2, -0.15) is 5.10 Å². The summed E-state index contributed by atoms with van der Waals surface area (Å²) in [6.45, 7) is 5.46. The van der Waals surface area contributed by atoms with Crippen molar-refractivity contribution < 1.29 is 0 Å². The maximum atomic E-state index is 4.26. The molecule has 1 heterocycles. The van der Waals surface area contributed by atoms with Crippen molar-refractivity contribution in [3.8, 4) is 0 Å². The second kappa shape index (κ2) is 8.10. The van der Waals surface area contributed by atoms with Crippen LogP contribution in [0.2, 0.25) is 0 Å². The van der Waals surface area contributed by atoms with Crippen molar-refractivity contribution in [1.82, 2.24) is 15.1 Å². The maximum Gasteiger partial charge on any atom is 0.0623 e. The lowest BCUT2D eigenvalue weighted by Crippen LogP contribution is -2.13. The van der Waals surface area contributed by atoms with E-state index in [1.54, 1.807) is 0 Å². The van der Waals surface area contributed by atoms with Crippen molar-refractivity contribution in [2.24, 2.45) is 0 Å². The van der Waals surface area contributed by atoms with Gasteiger partial charge >= 0.3 is 0 Å². The Morgan fingerprint density at radius 2 is 2.13 bits per heavy atom. The van der Waals surface area contributed by atoms with Crippen molar-refractivity contribution in [1.29, 1.82) is 0 Å². The first-order chi connectivity index (χ1) is 7.33. The zero-order valence-electron chi connectivity index (χ0n) is 9.38. The topological polar surface area (TPSA) is 29.9 Å². The van der Waals surface area contributed by atoms with Gasteiger partial charge in [0.1, 0.15) is 0 Å². The predicted molar refractivity (Wildman–Crippen MR) is 72.0 cm³/mol. The van der Waals surface area contributed by atoms with E-state index in [9.17, 15) is 0 Å². The molecule has 1 aromatic heterocycles. The number of hydrogen-bond donors (Lipinski definition) is 1. The zero-order chi connectivity index (χ0) is 10.9. The minimum Gasteiger partial charge on any atom is -0.317 e. The summed E-state index contributed by atoms with van der Waals surface area (Å²) in [5.41, 5.74) is 0. The van der Waals surface area contributed by atoms with Crippen molar-refractivity contribution in [2.45, 2.75) is 39.2 Å². The largest absolute Gasteiger partial charge is 0.317 e. The van der Waals surface area contributed by atoms with Crippen LogP contribution >= 0.6 is 22.6 Å². The fourth-order valence-electron chi connectivity index (χ4n) is 1.51. The van der Waals surface area contributed by atoms with E-state index in [1.807, 2.05) is 10.9 Å². The van der Waals surface area contributed by atoms with Crippen molar-refractivity contribution >= 4 is 22.6 Å². The molecule has 1 aromatic rings. The van der Waals surface area contributed by atoms with Crippen LogP contribution in [0.15, 0.2) is 12.4 Å². The first kappa shape index (κ1) is 13.0. The molecule has 0 aromatic carbocycles. The van der Waals surface area contributed by atoms with Gasteiger partial charge in [0.2, 0.25) is 0 Å². The third-order valence-corrected chi connectivity index (χ3v) is 2.90. The van der Waals surface area contributed by atoms with Crippen LogP contribution in [0.25, 0.3) is 0 Å². The molecule has 3 nitrogen and oxygen atoms in total. The Kier molecular flexibility index (Phi) is 7.00. The van der Waals surface area contributed by atoms with Gasteiger partial charge in [0.05, 0.1) is 9.77 Å². The van der Waals surface area contributed by atoms with E-state index < -0.39 is 0 Å². The Bertz CT molecular complexity index is 260. The lowest BCUT2D eigenvalue weighted by Gasteiger charge is -2.02. The second-order valence-corrected chi connectivity index (χ2v) is 4.94. The van der Waals surface area contributed by atoms with Gasteiger partial charge in [-0.3, -0.25) is 4.68 Å². The van der Waals surface area contributed by atoms with E-state index in [4.69, 9.17) is 0 Å². The molecule has 0 aliphatic carbocycles. The molecule has 1 N–H and O–H groups in total. The molecule has 0 saturated carbocycles. The summed E-state index contributed by atoms with van der Waals surface area (Å²) in [5.74, 6) is 0. The smallest absolute Gasteiger partial charge is 0.0623 e. The standard InChI is InChI=1S/C11H20IN3/c1-2-13-7-5-3-4-6-8-15-10-11(12)9-14-15/h9-10,13H,2-8H2,1H3. The molecule has 0 fully saturated rings. The lowest BCUT2D eigenvalue weighted by molar-refractivity contribution is 0.527. The van der Waals surface area contributed by atoms with Gasteiger partial charge in [-0.25, -0.2) is 0 Å².